The molecule has 3 aliphatic rings. The molecule has 51 heavy (non-hydrogen) atoms. The second-order valence-electron chi connectivity index (χ2n) is 17.2. The summed E-state index contributed by atoms with van der Waals surface area (Å²) in [6.07, 6.45) is 3.42. The smallest absolute Gasteiger partial charge is 0.301 e. The van der Waals surface area contributed by atoms with Crippen molar-refractivity contribution in [2.24, 2.45) is 0 Å². The lowest BCUT2D eigenvalue weighted by molar-refractivity contribution is -0.109. The Kier molecular flexibility index (Phi) is 11.9. The van der Waals surface area contributed by atoms with Crippen molar-refractivity contribution in [3.05, 3.63) is 40.9 Å². The Labute approximate surface area is 315 Å². The number of benzene rings is 1. The minimum Gasteiger partial charge on any atom is -0.456 e. The highest BCUT2D eigenvalue weighted by atomic mass is 35.5. The van der Waals surface area contributed by atoms with Crippen molar-refractivity contribution in [3.63, 3.8) is 0 Å². The number of pyridine rings is 1. The van der Waals surface area contributed by atoms with E-state index in [9.17, 15) is 4.79 Å². The number of nitrogens with zero attached hydrogens (tertiary/aromatic N) is 3. The van der Waals surface area contributed by atoms with Gasteiger partial charge in [-0.1, -0.05) is 88.0 Å². The lowest BCUT2D eigenvalue weighted by atomic mass is 9.83. The van der Waals surface area contributed by atoms with Crippen molar-refractivity contribution in [2.75, 3.05) is 19.8 Å². The summed E-state index contributed by atoms with van der Waals surface area (Å²) in [5.74, 6) is 0.500. The van der Waals surface area contributed by atoms with Gasteiger partial charge in [0, 0.05) is 32.4 Å². The monoisotopic (exact) mass is 773 g/mol. The largest absolute Gasteiger partial charge is 0.456 e. The van der Waals surface area contributed by atoms with Crippen LogP contribution in [0.15, 0.2) is 30.3 Å². The number of carbonyl (C=O) groups is 1. The minimum atomic E-state index is -2.01. The van der Waals surface area contributed by atoms with Crippen LogP contribution in [0, 0.1) is 0 Å². The molecule has 4 heterocycles. The highest BCUT2D eigenvalue weighted by Crippen LogP contribution is 2.42. The van der Waals surface area contributed by atoms with Gasteiger partial charge in [0.1, 0.15) is 24.5 Å². The maximum Gasteiger partial charge on any atom is 0.301 e. The maximum absolute atomic E-state index is 11.6. The maximum atomic E-state index is 11.6. The third-order valence-electron chi connectivity index (χ3n) is 11.0. The normalized spacial score (nSPS) is 25.8. The van der Waals surface area contributed by atoms with Gasteiger partial charge in [-0.25, -0.2) is 4.98 Å². The molecule has 0 unspecified atom stereocenters. The van der Waals surface area contributed by atoms with Crippen LogP contribution >= 0.6 is 23.4 Å². The van der Waals surface area contributed by atoms with E-state index in [1.54, 1.807) is 6.92 Å². The first-order valence-electron chi connectivity index (χ1n) is 18.5. The Bertz CT molecular complexity index is 1680. The van der Waals surface area contributed by atoms with Crippen molar-refractivity contribution >= 4 is 56.0 Å². The zero-order chi connectivity index (χ0) is 36.7. The first-order chi connectivity index (χ1) is 24.0. The third-order valence-corrected chi connectivity index (χ3v) is 18.6. The molecular weight excluding hydrogens is 718 g/mol. The van der Waals surface area contributed by atoms with Gasteiger partial charge in [0.2, 0.25) is 0 Å². The first-order valence-corrected chi connectivity index (χ1v) is 26.4. The number of hydrogen-bond acceptors (Lipinski definition) is 9. The van der Waals surface area contributed by atoms with Crippen molar-refractivity contribution in [2.45, 2.75) is 140 Å². The van der Waals surface area contributed by atoms with Crippen LogP contribution in [0.1, 0.15) is 64.9 Å². The summed E-state index contributed by atoms with van der Waals surface area (Å²) in [6.45, 7) is 21.7. The molecule has 6 rings (SSSR count). The summed E-state index contributed by atoms with van der Waals surface area (Å²) >= 11 is 8.40. The van der Waals surface area contributed by atoms with Gasteiger partial charge in [0.25, 0.3) is 0 Å². The van der Waals surface area contributed by atoms with Crippen LogP contribution < -0.4 is 4.74 Å². The van der Waals surface area contributed by atoms with E-state index >= 15 is 0 Å². The van der Waals surface area contributed by atoms with E-state index < -0.39 is 16.4 Å². The van der Waals surface area contributed by atoms with E-state index in [0.29, 0.717) is 58.9 Å². The molecular formula is C38H56ClN3O6SSi2. The summed E-state index contributed by atoms with van der Waals surface area (Å²) < 4.78 is 34.1. The molecule has 1 aromatic carbocycles. The summed E-state index contributed by atoms with van der Waals surface area (Å²) in [7, 11) is -3.30. The zero-order valence-corrected chi connectivity index (χ0v) is 35.4. The molecule has 2 saturated heterocycles. The summed E-state index contributed by atoms with van der Waals surface area (Å²) in [5, 5.41) is 1.28. The highest BCUT2D eigenvalue weighted by molar-refractivity contribution is 8.14. The van der Waals surface area contributed by atoms with E-state index in [1.807, 2.05) is 10.6 Å². The molecule has 3 aromatic rings. The zero-order valence-electron chi connectivity index (χ0n) is 31.8. The predicted molar refractivity (Wildman–Crippen MR) is 211 cm³/mol. The molecule has 1 saturated carbocycles. The van der Waals surface area contributed by atoms with Crippen LogP contribution in [0.4, 0.5) is 0 Å². The van der Waals surface area contributed by atoms with Crippen molar-refractivity contribution in [1.82, 2.24) is 14.5 Å². The standard InChI is InChI=1S/C38H56ClN3O6SSi2/c1-24(43)49-28-16-14-26(15-17-28)25-10-12-27(13-11-25)33-29(39)20-30-36(41-33)42(23-44-18-19-50(5,6)7)37(40-30)47-31-21-45-35-32(22-46-34(31)35)48-51(8,9)38(2,3)4/h10-13,20,26,28,31-32,34-35H,14-19,21-23H2,1-9H3/t26-,28+,31-,32-,34-,35-/m1/s1. The molecule has 0 N–H and O–H groups in total. The molecule has 2 aromatic heterocycles. The fourth-order valence-electron chi connectivity index (χ4n) is 6.93. The Hall–Kier alpha value is -1.78. The number of fused-ring (bicyclic) bond motifs is 2. The number of rotatable bonds is 12. The lowest BCUT2D eigenvalue weighted by Crippen LogP contribution is -2.47. The van der Waals surface area contributed by atoms with Gasteiger partial charge < -0.3 is 23.4 Å². The number of ether oxygens (including phenoxy) is 4. The third kappa shape index (κ3) is 9.13. The molecule has 0 spiro atoms. The molecule has 9 nitrogen and oxygen atoms in total. The average Bonchev–Trinajstić information content (AvgIpc) is 3.72. The fourth-order valence-corrected chi connectivity index (χ4v) is 10.2. The highest BCUT2D eigenvalue weighted by Gasteiger charge is 2.52. The van der Waals surface area contributed by atoms with E-state index in [4.69, 9.17) is 44.9 Å². The van der Waals surface area contributed by atoms with Gasteiger partial charge in [0.15, 0.2) is 25.2 Å². The van der Waals surface area contributed by atoms with Gasteiger partial charge >= 0.3 is 6.01 Å². The van der Waals surface area contributed by atoms with Gasteiger partial charge in [-0.3, -0.25) is 9.36 Å². The second kappa shape index (κ2) is 15.5. The van der Waals surface area contributed by atoms with Crippen LogP contribution in [0.25, 0.3) is 22.4 Å². The van der Waals surface area contributed by atoms with Gasteiger partial charge in [0.05, 0.1) is 30.0 Å². The molecule has 2 aliphatic heterocycles. The molecule has 0 bridgehead atoms. The van der Waals surface area contributed by atoms with Crippen LogP contribution in [-0.4, -0.2) is 85.5 Å². The predicted octanol–water partition coefficient (Wildman–Crippen LogP) is 9.31. The topological polar surface area (TPSA) is 93.9 Å². The van der Waals surface area contributed by atoms with Crippen LogP contribution in [0.5, 0.6) is 6.01 Å². The quantitative estimate of drug-likeness (QED) is 0.132. The Morgan fingerprint density at radius 2 is 1.63 bits per heavy atom. The summed E-state index contributed by atoms with van der Waals surface area (Å²) in [5.41, 5.74) is 4.26. The number of imidazole rings is 1. The van der Waals surface area contributed by atoms with Crippen molar-refractivity contribution in [1.29, 1.82) is 0 Å². The fraction of sp³-hybridized carbons (Fsp3) is 0.658. The summed E-state index contributed by atoms with van der Waals surface area (Å²) in [6, 6.07) is 12.0. The molecule has 3 fully saturated rings. The number of aromatic nitrogens is 3. The number of hydrogen-bond donors (Lipinski definition) is 0. The Morgan fingerprint density at radius 3 is 2.25 bits per heavy atom. The first kappa shape index (κ1) is 38.9. The number of carbonyl (C=O) groups excluding carboxylic acids is 1. The van der Waals surface area contributed by atoms with Crippen LogP contribution in [0.2, 0.25) is 48.8 Å². The van der Waals surface area contributed by atoms with Gasteiger partial charge in [-0.2, -0.15) is 4.98 Å². The van der Waals surface area contributed by atoms with Crippen molar-refractivity contribution < 1.29 is 28.2 Å². The molecule has 13 heteroatoms. The molecule has 0 radical (unpaired) electrons. The SMILES string of the molecule is CC(=O)S[C@H]1CC[C@@H](c2ccc(-c3nc4c(cc3Cl)nc(O[C@@H]3CO[C@H]5[C@@H]3OC[C@H]5O[Si](C)(C)C(C)(C)C)n4COCC[Si](C)(C)C)cc2)CC1. The molecule has 4 atom stereocenters. The van der Waals surface area contributed by atoms with Gasteiger partial charge in [-0.05, 0) is 67.4 Å². The van der Waals surface area contributed by atoms with Crippen LogP contribution in [-0.2, 0) is 30.2 Å². The molecule has 0 amide bonds. The van der Waals surface area contributed by atoms with E-state index in [0.717, 1.165) is 37.3 Å². The summed E-state index contributed by atoms with van der Waals surface area (Å²) in [4.78, 5) is 21.6. The molecule has 1 aliphatic carbocycles. The van der Waals surface area contributed by atoms with Crippen LogP contribution in [0.3, 0.4) is 0 Å². The van der Waals surface area contributed by atoms with E-state index in [1.165, 1.54) is 17.3 Å². The average molecular weight is 775 g/mol. The molecule has 280 valence electrons. The number of halogens is 1. The Balaban J connectivity index is 1.22. The Morgan fingerprint density at radius 1 is 0.980 bits per heavy atom. The minimum absolute atomic E-state index is 0.0888. The number of thioether (sulfide) groups is 1. The van der Waals surface area contributed by atoms with Crippen molar-refractivity contribution in [3.8, 4) is 17.3 Å². The second-order valence-corrected chi connectivity index (χ2v) is 29.5. The van der Waals surface area contributed by atoms with Gasteiger partial charge in [-0.15, -0.1) is 0 Å². The van der Waals surface area contributed by atoms with E-state index in [2.05, 4.69) is 77.8 Å². The lowest BCUT2D eigenvalue weighted by Gasteiger charge is -2.39. The van der Waals surface area contributed by atoms with E-state index in [-0.39, 0.29) is 41.3 Å².